The first kappa shape index (κ1) is 14.6. The van der Waals surface area contributed by atoms with Crippen LogP contribution < -0.4 is 10.6 Å². The third-order valence-corrected chi connectivity index (χ3v) is 4.22. The van der Waals surface area contributed by atoms with E-state index in [2.05, 4.69) is 10.6 Å². The number of rotatable bonds is 8. The minimum absolute atomic E-state index is 0.0973. The summed E-state index contributed by atoms with van der Waals surface area (Å²) in [6.45, 7) is 0. The lowest BCUT2D eigenvalue weighted by molar-refractivity contribution is -0.120. The van der Waals surface area contributed by atoms with Gasteiger partial charge in [-0.05, 0) is 6.42 Å². The lowest BCUT2D eigenvalue weighted by Gasteiger charge is -2.02. The Hall–Kier alpha value is -0.360. The van der Waals surface area contributed by atoms with Gasteiger partial charge in [-0.3, -0.25) is 10.2 Å². The zero-order valence-corrected chi connectivity index (χ0v) is 10.9. The largest absolute Gasteiger partial charge is 0.377 e. The van der Waals surface area contributed by atoms with E-state index in [1.807, 2.05) is 0 Å². The van der Waals surface area contributed by atoms with Crippen molar-refractivity contribution in [2.45, 2.75) is 19.3 Å². The quantitative estimate of drug-likeness (QED) is 0.264. The Bertz CT molecular complexity index is 180. The van der Waals surface area contributed by atoms with Gasteiger partial charge in [0, 0.05) is 38.4 Å². The summed E-state index contributed by atoms with van der Waals surface area (Å²) in [4.78, 5) is 10.9. The first-order valence-electron chi connectivity index (χ1n) is 4.91. The van der Waals surface area contributed by atoms with Crippen LogP contribution in [-0.4, -0.2) is 37.3 Å². The highest BCUT2D eigenvalue weighted by molar-refractivity contribution is 8.76. The lowest BCUT2D eigenvalue weighted by Crippen LogP contribution is -2.17. The van der Waals surface area contributed by atoms with Crippen LogP contribution in [0.4, 0.5) is 0 Å². The molecule has 0 heterocycles. The summed E-state index contributed by atoms with van der Waals surface area (Å²) in [6, 6.07) is 0. The molecule has 0 bridgehead atoms. The predicted octanol–water partition coefficient (Wildman–Crippen LogP) is 1.48. The van der Waals surface area contributed by atoms with Crippen LogP contribution in [0.2, 0.25) is 0 Å². The molecule has 0 aliphatic rings. The fourth-order valence-corrected chi connectivity index (χ4v) is 2.89. The van der Waals surface area contributed by atoms with E-state index in [4.69, 9.17) is 5.41 Å². The van der Waals surface area contributed by atoms with Crippen LogP contribution in [-0.2, 0) is 4.79 Å². The zero-order chi connectivity index (χ0) is 11.5. The van der Waals surface area contributed by atoms with E-state index in [9.17, 15) is 4.79 Å². The lowest BCUT2D eigenvalue weighted by atomic mass is 10.3. The van der Waals surface area contributed by atoms with Crippen molar-refractivity contribution in [2.24, 2.45) is 0 Å². The van der Waals surface area contributed by atoms with Crippen LogP contribution >= 0.6 is 21.6 Å². The van der Waals surface area contributed by atoms with Crippen molar-refractivity contribution in [2.75, 3.05) is 25.6 Å². The van der Waals surface area contributed by atoms with E-state index in [1.54, 1.807) is 35.7 Å². The molecule has 6 heteroatoms. The first-order valence-corrected chi connectivity index (χ1v) is 7.39. The molecule has 1 amide bonds. The van der Waals surface area contributed by atoms with Crippen molar-refractivity contribution in [1.82, 2.24) is 10.6 Å². The van der Waals surface area contributed by atoms with Gasteiger partial charge in [-0.2, -0.15) is 0 Å². The Morgan fingerprint density at radius 3 is 2.40 bits per heavy atom. The minimum atomic E-state index is 0.0973. The summed E-state index contributed by atoms with van der Waals surface area (Å²) in [5.41, 5.74) is 0. The van der Waals surface area contributed by atoms with Gasteiger partial charge in [0.15, 0.2) is 0 Å². The molecule has 4 nitrogen and oxygen atoms in total. The SMILES string of the molecule is CNC(=N)CCCSSCCC(=O)NC. The molecule has 15 heavy (non-hydrogen) atoms. The monoisotopic (exact) mass is 249 g/mol. The molecule has 0 aliphatic heterocycles. The number of carbonyl (C=O) groups excluding carboxylic acids is 1. The van der Waals surface area contributed by atoms with E-state index >= 15 is 0 Å². The predicted molar refractivity (Wildman–Crippen MR) is 69.6 cm³/mol. The van der Waals surface area contributed by atoms with Gasteiger partial charge < -0.3 is 10.6 Å². The topological polar surface area (TPSA) is 65.0 Å². The molecule has 0 saturated heterocycles. The maximum absolute atomic E-state index is 10.9. The molecule has 0 aliphatic carbocycles. The van der Waals surface area contributed by atoms with Gasteiger partial charge in [0.25, 0.3) is 0 Å². The molecule has 0 fully saturated rings. The summed E-state index contributed by atoms with van der Waals surface area (Å²) in [7, 11) is 6.92. The van der Waals surface area contributed by atoms with Crippen molar-refractivity contribution in [3.8, 4) is 0 Å². The van der Waals surface area contributed by atoms with Crippen LogP contribution in [0.15, 0.2) is 0 Å². The second-order valence-corrected chi connectivity index (χ2v) is 5.60. The highest BCUT2D eigenvalue weighted by Crippen LogP contribution is 2.22. The molecule has 0 saturated carbocycles. The van der Waals surface area contributed by atoms with Crippen LogP contribution in [0.25, 0.3) is 0 Å². The standard InChI is InChI=1S/C9H19N3OS2/c1-11-8(10)4-3-6-14-15-7-5-9(13)12-2/h3-7H2,1-2H3,(H2,10,11)(H,12,13). The van der Waals surface area contributed by atoms with Gasteiger partial charge >= 0.3 is 0 Å². The van der Waals surface area contributed by atoms with Gasteiger partial charge in [-0.15, -0.1) is 0 Å². The smallest absolute Gasteiger partial charge is 0.220 e. The van der Waals surface area contributed by atoms with E-state index < -0.39 is 0 Å². The van der Waals surface area contributed by atoms with Gasteiger partial charge in [0.2, 0.25) is 5.91 Å². The molecule has 0 radical (unpaired) electrons. The summed E-state index contributed by atoms with van der Waals surface area (Å²) in [5, 5.41) is 12.8. The third-order valence-electron chi connectivity index (χ3n) is 1.73. The van der Waals surface area contributed by atoms with Crippen molar-refractivity contribution in [3.63, 3.8) is 0 Å². The van der Waals surface area contributed by atoms with Crippen LogP contribution in [0.1, 0.15) is 19.3 Å². The molecule has 3 N–H and O–H groups in total. The maximum Gasteiger partial charge on any atom is 0.220 e. The summed E-state index contributed by atoms with van der Waals surface area (Å²) in [5.74, 6) is 2.57. The number of amidine groups is 1. The van der Waals surface area contributed by atoms with E-state index in [-0.39, 0.29) is 5.91 Å². The Morgan fingerprint density at radius 2 is 1.80 bits per heavy atom. The number of carbonyl (C=O) groups is 1. The van der Waals surface area contributed by atoms with Crippen molar-refractivity contribution < 1.29 is 4.79 Å². The third kappa shape index (κ3) is 9.93. The highest BCUT2D eigenvalue weighted by Gasteiger charge is 1.98. The second kappa shape index (κ2) is 10.2. The van der Waals surface area contributed by atoms with E-state index in [0.717, 1.165) is 24.3 Å². The van der Waals surface area contributed by atoms with Crippen LogP contribution in [0.3, 0.4) is 0 Å². The zero-order valence-electron chi connectivity index (χ0n) is 9.26. The maximum atomic E-state index is 10.9. The summed E-state index contributed by atoms with van der Waals surface area (Å²) in [6.07, 6.45) is 2.40. The molecule has 0 rings (SSSR count). The first-order chi connectivity index (χ1) is 7.20. The fraction of sp³-hybridized carbons (Fsp3) is 0.778. The van der Waals surface area contributed by atoms with Crippen molar-refractivity contribution >= 4 is 33.3 Å². The van der Waals surface area contributed by atoms with Crippen molar-refractivity contribution in [3.05, 3.63) is 0 Å². The minimum Gasteiger partial charge on any atom is -0.377 e. The number of nitrogens with one attached hydrogen (secondary N) is 3. The molecular weight excluding hydrogens is 230 g/mol. The number of hydrogen-bond donors (Lipinski definition) is 3. The van der Waals surface area contributed by atoms with Gasteiger partial charge in [-0.1, -0.05) is 21.6 Å². The molecular formula is C9H19N3OS2. The second-order valence-electron chi connectivity index (χ2n) is 2.90. The van der Waals surface area contributed by atoms with Crippen LogP contribution in [0.5, 0.6) is 0 Å². The average Bonchev–Trinajstić information content (AvgIpc) is 2.26. The Balaban J connectivity index is 3.11. The highest BCUT2D eigenvalue weighted by atomic mass is 33.1. The van der Waals surface area contributed by atoms with E-state index in [1.165, 1.54) is 0 Å². The fourth-order valence-electron chi connectivity index (χ4n) is 0.810. The molecule has 0 atom stereocenters. The number of amides is 1. The average molecular weight is 249 g/mol. The Morgan fingerprint density at radius 1 is 1.13 bits per heavy atom. The van der Waals surface area contributed by atoms with Gasteiger partial charge in [0.05, 0.1) is 5.84 Å². The molecule has 0 aromatic heterocycles. The molecule has 0 spiro atoms. The molecule has 0 unspecified atom stereocenters. The molecule has 88 valence electrons. The van der Waals surface area contributed by atoms with Gasteiger partial charge in [0.1, 0.15) is 0 Å². The van der Waals surface area contributed by atoms with E-state index in [0.29, 0.717) is 12.3 Å². The molecule has 0 aromatic carbocycles. The summed E-state index contributed by atoms with van der Waals surface area (Å²) < 4.78 is 0. The van der Waals surface area contributed by atoms with Crippen LogP contribution in [0, 0.1) is 5.41 Å². The summed E-state index contributed by atoms with van der Waals surface area (Å²) >= 11 is 0. The van der Waals surface area contributed by atoms with Gasteiger partial charge in [-0.25, -0.2) is 0 Å². The normalized spacial score (nSPS) is 9.73. The van der Waals surface area contributed by atoms with Crippen molar-refractivity contribution in [1.29, 1.82) is 5.41 Å². The molecule has 0 aromatic rings. The Kier molecular flexibility index (Phi) is 9.92. The number of hydrogen-bond acceptors (Lipinski definition) is 4. The Labute approximate surface area is 99.3 Å².